The van der Waals surface area contributed by atoms with Crippen LogP contribution in [0, 0.1) is 24.1 Å². The molecule has 0 aliphatic rings. The molecule has 114 valence electrons. The summed E-state index contributed by atoms with van der Waals surface area (Å²) in [6.07, 6.45) is -0.0328. The monoisotopic (exact) mass is 301 g/mol. The van der Waals surface area contributed by atoms with Crippen LogP contribution in [-0.4, -0.2) is 16.4 Å². The summed E-state index contributed by atoms with van der Waals surface area (Å²) in [6, 6.07) is 8.12. The summed E-state index contributed by atoms with van der Waals surface area (Å²) in [5.74, 6) is -0.200. The molecule has 1 N–H and O–H groups in total. The first-order valence-corrected chi connectivity index (χ1v) is 6.76. The molecule has 0 saturated heterocycles. The molecule has 2 aromatic rings. The van der Waals surface area contributed by atoms with Crippen molar-refractivity contribution in [2.75, 3.05) is 0 Å². The molecule has 0 spiro atoms. The summed E-state index contributed by atoms with van der Waals surface area (Å²) < 4.78 is 19.2. The van der Waals surface area contributed by atoms with E-state index in [-0.39, 0.29) is 23.8 Å². The zero-order chi connectivity index (χ0) is 16.3. The molecule has 0 atom stereocenters. The highest BCUT2D eigenvalue weighted by Gasteiger charge is 2.22. The zero-order valence-electron chi connectivity index (χ0n) is 12.6. The van der Waals surface area contributed by atoms with Gasteiger partial charge in [-0.1, -0.05) is 12.1 Å². The third-order valence-electron chi connectivity index (χ3n) is 3.06. The van der Waals surface area contributed by atoms with Gasteiger partial charge in [0.2, 0.25) is 11.8 Å². The SMILES string of the molecule is Cc1oc(-c2ccccc2F)nc1CC(=O)NC(C)(C)C#N. The first kappa shape index (κ1) is 15.7. The van der Waals surface area contributed by atoms with Crippen molar-refractivity contribution >= 4 is 5.91 Å². The Morgan fingerprint density at radius 3 is 2.77 bits per heavy atom. The van der Waals surface area contributed by atoms with Gasteiger partial charge >= 0.3 is 0 Å². The minimum atomic E-state index is -0.955. The number of nitriles is 1. The van der Waals surface area contributed by atoms with Crippen LogP contribution in [0.15, 0.2) is 28.7 Å². The number of oxazole rings is 1. The number of hydrogen-bond donors (Lipinski definition) is 1. The van der Waals surface area contributed by atoms with Crippen LogP contribution in [0.2, 0.25) is 0 Å². The fourth-order valence-electron chi connectivity index (χ4n) is 1.91. The first-order valence-electron chi connectivity index (χ1n) is 6.76. The Labute approximate surface area is 127 Å². The molecule has 6 heteroatoms. The highest BCUT2D eigenvalue weighted by atomic mass is 19.1. The average molecular weight is 301 g/mol. The van der Waals surface area contributed by atoms with Gasteiger partial charge in [0.05, 0.1) is 23.7 Å². The van der Waals surface area contributed by atoms with Crippen molar-refractivity contribution in [3.63, 3.8) is 0 Å². The maximum absolute atomic E-state index is 13.7. The van der Waals surface area contributed by atoms with E-state index in [2.05, 4.69) is 10.3 Å². The lowest BCUT2D eigenvalue weighted by Crippen LogP contribution is -2.42. The van der Waals surface area contributed by atoms with E-state index in [1.165, 1.54) is 6.07 Å². The molecule has 22 heavy (non-hydrogen) atoms. The van der Waals surface area contributed by atoms with Gasteiger partial charge in [-0.15, -0.1) is 0 Å². The Hall–Kier alpha value is -2.68. The fraction of sp³-hybridized carbons (Fsp3) is 0.312. The Bertz CT molecular complexity index is 744. The summed E-state index contributed by atoms with van der Waals surface area (Å²) in [7, 11) is 0. The Morgan fingerprint density at radius 1 is 1.45 bits per heavy atom. The highest BCUT2D eigenvalue weighted by molar-refractivity contribution is 5.79. The zero-order valence-corrected chi connectivity index (χ0v) is 12.6. The third-order valence-corrected chi connectivity index (χ3v) is 3.06. The van der Waals surface area contributed by atoms with Crippen molar-refractivity contribution in [1.29, 1.82) is 5.26 Å². The molecule has 1 amide bonds. The number of aromatic nitrogens is 1. The maximum atomic E-state index is 13.7. The van der Waals surface area contributed by atoms with E-state index in [1.54, 1.807) is 39.0 Å². The summed E-state index contributed by atoms with van der Waals surface area (Å²) in [4.78, 5) is 16.1. The van der Waals surface area contributed by atoms with E-state index in [0.717, 1.165) is 0 Å². The third kappa shape index (κ3) is 3.50. The summed E-state index contributed by atoms with van der Waals surface area (Å²) in [5.41, 5.74) is -0.289. The topological polar surface area (TPSA) is 78.9 Å². The molecule has 2 rings (SSSR count). The molecule has 0 bridgehead atoms. The van der Waals surface area contributed by atoms with Crippen LogP contribution in [-0.2, 0) is 11.2 Å². The van der Waals surface area contributed by atoms with E-state index in [0.29, 0.717) is 11.5 Å². The minimum absolute atomic E-state index is 0.0328. The highest BCUT2D eigenvalue weighted by Crippen LogP contribution is 2.24. The molecule has 1 aromatic heterocycles. The lowest BCUT2D eigenvalue weighted by molar-refractivity contribution is -0.121. The number of halogens is 1. The van der Waals surface area contributed by atoms with Gasteiger partial charge in [-0.3, -0.25) is 4.79 Å². The van der Waals surface area contributed by atoms with Crippen molar-refractivity contribution in [3.8, 4) is 17.5 Å². The van der Waals surface area contributed by atoms with Crippen LogP contribution >= 0.6 is 0 Å². The van der Waals surface area contributed by atoms with Crippen LogP contribution in [0.3, 0.4) is 0 Å². The molecule has 0 radical (unpaired) electrons. The second kappa shape index (κ2) is 5.98. The van der Waals surface area contributed by atoms with Gasteiger partial charge < -0.3 is 9.73 Å². The van der Waals surface area contributed by atoms with Crippen molar-refractivity contribution < 1.29 is 13.6 Å². The lowest BCUT2D eigenvalue weighted by atomic mass is 10.1. The number of benzene rings is 1. The number of carbonyl (C=O) groups excluding carboxylic acids is 1. The molecule has 1 aromatic carbocycles. The number of carbonyl (C=O) groups is 1. The number of nitrogens with zero attached hydrogens (tertiary/aromatic N) is 2. The largest absolute Gasteiger partial charge is 0.441 e. The van der Waals surface area contributed by atoms with Gasteiger partial charge in [-0.25, -0.2) is 9.37 Å². The lowest BCUT2D eigenvalue weighted by Gasteiger charge is -2.16. The average Bonchev–Trinajstić information content (AvgIpc) is 2.79. The van der Waals surface area contributed by atoms with Gasteiger partial charge in [0.15, 0.2) is 0 Å². The molecule has 1 heterocycles. The van der Waals surface area contributed by atoms with Gasteiger partial charge in [0.25, 0.3) is 0 Å². The predicted molar refractivity (Wildman–Crippen MR) is 78.2 cm³/mol. The summed E-state index contributed by atoms with van der Waals surface area (Å²) >= 11 is 0. The quantitative estimate of drug-likeness (QED) is 0.941. The van der Waals surface area contributed by atoms with Crippen molar-refractivity contribution in [2.24, 2.45) is 0 Å². The van der Waals surface area contributed by atoms with E-state index in [4.69, 9.17) is 9.68 Å². The van der Waals surface area contributed by atoms with Crippen LogP contribution in [0.4, 0.5) is 4.39 Å². The predicted octanol–water partition coefficient (Wildman–Crippen LogP) is 2.75. The van der Waals surface area contributed by atoms with E-state index >= 15 is 0 Å². The van der Waals surface area contributed by atoms with Gasteiger partial charge in [-0.2, -0.15) is 5.26 Å². The molecule has 5 nitrogen and oxygen atoms in total. The smallest absolute Gasteiger partial charge is 0.229 e. The van der Waals surface area contributed by atoms with Crippen LogP contribution in [0.5, 0.6) is 0 Å². The fourth-order valence-corrected chi connectivity index (χ4v) is 1.91. The molecule has 0 aliphatic heterocycles. The number of nitrogens with one attached hydrogen (secondary N) is 1. The molecule has 0 aliphatic carbocycles. The molecule has 0 unspecified atom stereocenters. The van der Waals surface area contributed by atoms with Crippen molar-refractivity contribution in [1.82, 2.24) is 10.3 Å². The number of rotatable bonds is 4. The minimum Gasteiger partial charge on any atom is -0.441 e. The van der Waals surface area contributed by atoms with Gasteiger partial charge in [0, 0.05) is 0 Å². The second-order valence-electron chi connectivity index (χ2n) is 5.46. The number of amides is 1. The molecule has 0 fully saturated rings. The maximum Gasteiger partial charge on any atom is 0.229 e. The van der Waals surface area contributed by atoms with Gasteiger partial charge in [-0.05, 0) is 32.9 Å². The first-order chi connectivity index (χ1) is 10.3. The summed E-state index contributed by atoms with van der Waals surface area (Å²) in [5, 5.41) is 11.5. The summed E-state index contributed by atoms with van der Waals surface area (Å²) in [6.45, 7) is 4.87. The van der Waals surface area contributed by atoms with Gasteiger partial charge in [0.1, 0.15) is 17.1 Å². The standard InChI is InChI=1S/C16H16FN3O2/c1-10-13(8-14(21)20-16(2,3)9-18)19-15(22-10)11-6-4-5-7-12(11)17/h4-7H,8H2,1-3H3,(H,20,21). The Morgan fingerprint density at radius 2 is 2.14 bits per heavy atom. The van der Waals surface area contributed by atoms with E-state index < -0.39 is 11.4 Å². The molecular formula is C16H16FN3O2. The van der Waals surface area contributed by atoms with Crippen molar-refractivity contribution in [3.05, 3.63) is 41.5 Å². The molecular weight excluding hydrogens is 285 g/mol. The van der Waals surface area contributed by atoms with E-state index in [1.807, 2.05) is 6.07 Å². The Kier molecular flexibility index (Phi) is 4.27. The van der Waals surface area contributed by atoms with Crippen LogP contribution < -0.4 is 5.32 Å². The number of hydrogen-bond acceptors (Lipinski definition) is 4. The molecule has 0 saturated carbocycles. The van der Waals surface area contributed by atoms with E-state index in [9.17, 15) is 9.18 Å². The second-order valence-corrected chi connectivity index (χ2v) is 5.46. The van der Waals surface area contributed by atoms with Crippen LogP contribution in [0.25, 0.3) is 11.5 Å². The normalized spacial score (nSPS) is 11.0. The number of aryl methyl sites for hydroxylation is 1. The Balaban J connectivity index is 2.20. The van der Waals surface area contributed by atoms with Crippen molar-refractivity contribution in [2.45, 2.75) is 32.7 Å². The van der Waals surface area contributed by atoms with Crippen LogP contribution in [0.1, 0.15) is 25.3 Å².